The number of rotatable bonds is 6. The van der Waals surface area contributed by atoms with Crippen molar-refractivity contribution in [1.29, 1.82) is 0 Å². The third kappa shape index (κ3) is 5.67. The van der Waals surface area contributed by atoms with E-state index in [2.05, 4.69) is 10.6 Å². The fourth-order valence-electron chi connectivity index (χ4n) is 1.49. The molecule has 0 aromatic heterocycles. The molecule has 1 aromatic carbocycles. The smallest absolute Gasteiger partial charge is 0.319 e. The monoisotopic (exact) mass is 306 g/mol. The Balaban J connectivity index is 2.60. The quantitative estimate of drug-likeness (QED) is 0.757. The molecule has 1 atom stereocenters. The summed E-state index contributed by atoms with van der Waals surface area (Å²) in [4.78, 5) is 11.7. The summed E-state index contributed by atoms with van der Waals surface area (Å²) < 4.78 is 13.4. The van der Waals surface area contributed by atoms with Gasteiger partial charge in [-0.25, -0.2) is 9.18 Å². The van der Waals surface area contributed by atoms with Crippen LogP contribution in [0.15, 0.2) is 18.2 Å². The first kappa shape index (κ1) is 16.1. The first-order chi connectivity index (χ1) is 9.06. The SMILES string of the molecule is CSC[C@H](CCO)NC(=O)Nc1cc(Cl)ccc1F. The van der Waals surface area contributed by atoms with Gasteiger partial charge >= 0.3 is 6.03 Å². The standard InChI is InChI=1S/C12H16ClFN2O2S/c1-19-7-9(4-5-17)15-12(18)16-11-6-8(13)2-3-10(11)14/h2-3,6,9,17H,4-5,7H2,1H3,(H2,15,16,18)/t9-/m0/s1. The van der Waals surface area contributed by atoms with E-state index in [0.29, 0.717) is 17.2 Å². The zero-order valence-corrected chi connectivity index (χ0v) is 12.0. The largest absolute Gasteiger partial charge is 0.396 e. The van der Waals surface area contributed by atoms with E-state index < -0.39 is 11.8 Å². The topological polar surface area (TPSA) is 61.4 Å². The lowest BCUT2D eigenvalue weighted by Crippen LogP contribution is -2.40. The molecular weight excluding hydrogens is 291 g/mol. The third-order valence-electron chi connectivity index (χ3n) is 2.36. The molecule has 0 saturated carbocycles. The van der Waals surface area contributed by atoms with Crippen LogP contribution in [0.4, 0.5) is 14.9 Å². The van der Waals surface area contributed by atoms with E-state index in [1.807, 2.05) is 6.26 Å². The van der Waals surface area contributed by atoms with Gasteiger partial charge in [0, 0.05) is 23.4 Å². The van der Waals surface area contributed by atoms with E-state index in [0.717, 1.165) is 0 Å². The highest BCUT2D eigenvalue weighted by Gasteiger charge is 2.13. The Morgan fingerprint density at radius 1 is 1.58 bits per heavy atom. The Morgan fingerprint density at radius 3 is 2.95 bits per heavy atom. The summed E-state index contributed by atoms with van der Waals surface area (Å²) in [5.41, 5.74) is 0.0249. The van der Waals surface area contributed by atoms with Gasteiger partial charge in [0.05, 0.1) is 5.69 Å². The van der Waals surface area contributed by atoms with Crippen LogP contribution in [0.2, 0.25) is 5.02 Å². The van der Waals surface area contributed by atoms with Crippen molar-refractivity contribution < 1.29 is 14.3 Å². The van der Waals surface area contributed by atoms with Crippen molar-refractivity contribution in [3.63, 3.8) is 0 Å². The number of aliphatic hydroxyl groups excluding tert-OH is 1. The van der Waals surface area contributed by atoms with Crippen LogP contribution in [0, 0.1) is 5.82 Å². The molecule has 7 heteroatoms. The molecule has 0 radical (unpaired) electrons. The molecule has 0 unspecified atom stereocenters. The van der Waals surface area contributed by atoms with Gasteiger partial charge in [0.1, 0.15) is 5.82 Å². The molecule has 0 aliphatic carbocycles. The second-order valence-electron chi connectivity index (χ2n) is 3.89. The average Bonchev–Trinajstić information content (AvgIpc) is 2.34. The number of carbonyl (C=O) groups excluding carboxylic acids is 1. The van der Waals surface area contributed by atoms with Crippen LogP contribution in [-0.2, 0) is 0 Å². The zero-order valence-electron chi connectivity index (χ0n) is 10.5. The first-order valence-corrected chi connectivity index (χ1v) is 7.46. The lowest BCUT2D eigenvalue weighted by atomic mass is 10.2. The van der Waals surface area contributed by atoms with E-state index in [1.165, 1.54) is 18.2 Å². The molecule has 1 rings (SSSR count). The van der Waals surface area contributed by atoms with Gasteiger partial charge in [0.25, 0.3) is 0 Å². The van der Waals surface area contributed by atoms with Crippen LogP contribution in [0.1, 0.15) is 6.42 Å². The van der Waals surface area contributed by atoms with E-state index in [-0.39, 0.29) is 18.3 Å². The summed E-state index contributed by atoms with van der Waals surface area (Å²) in [6.45, 7) is -0.0168. The Morgan fingerprint density at radius 2 is 2.32 bits per heavy atom. The molecule has 106 valence electrons. The van der Waals surface area contributed by atoms with Crippen molar-refractivity contribution in [2.75, 3.05) is 23.9 Å². The molecule has 4 nitrogen and oxygen atoms in total. The van der Waals surface area contributed by atoms with Gasteiger partial charge in [0.15, 0.2) is 0 Å². The highest BCUT2D eigenvalue weighted by atomic mass is 35.5. The Bertz CT molecular complexity index is 428. The van der Waals surface area contributed by atoms with Gasteiger partial charge in [-0.2, -0.15) is 11.8 Å². The van der Waals surface area contributed by atoms with Gasteiger partial charge in [0.2, 0.25) is 0 Å². The van der Waals surface area contributed by atoms with E-state index in [9.17, 15) is 9.18 Å². The fraction of sp³-hybridized carbons (Fsp3) is 0.417. The average molecular weight is 307 g/mol. The van der Waals surface area contributed by atoms with Crippen LogP contribution < -0.4 is 10.6 Å². The van der Waals surface area contributed by atoms with Crippen LogP contribution >= 0.6 is 23.4 Å². The first-order valence-electron chi connectivity index (χ1n) is 5.69. The van der Waals surface area contributed by atoms with Crippen molar-refractivity contribution in [3.8, 4) is 0 Å². The number of amides is 2. The number of urea groups is 1. The number of nitrogens with one attached hydrogen (secondary N) is 2. The number of thioether (sulfide) groups is 1. The Hall–Kier alpha value is -0.980. The minimum absolute atomic E-state index is 0.0168. The van der Waals surface area contributed by atoms with E-state index >= 15 is 0 Å². The second kappa shape index (κ2) is 8.24. The van der Waals surface area contributed by atoms with Gasteiger partial charge in [-0.3, -0.25) is 0 Å². The molecule has 0 heterocycles. The third-order valence-corrected chi connectivity index (χ3v) is 3.33. The molecule has 0 aliphatic heterocycles. The number of hydrogen-bond acceptors (Lipinski definition) is 3. The fourth-order valence-corrected chi connectivity index (χ4v) is 2.32. The molecular formula is C12H16ClFN2O2S. The predicted molar refractivity (Wildman–Crippen MR) is 77.4 cm³/mol. The lowest BCUT2D eigenvalue weighted by molar-refractivity contribution is 0.241. The maximum Gasteiger partial charge on any atom is 0.319 e. The maximum atomic E-state index is 13.4. The molecule has 0 saturated heterocycles. The Kier molecular flexibility index (Phi) is 6.97. The summed E-state index contributed by atoms with van der Waals surface area (Å²) in [6, 6.07) is 3.25. The van der Waals surface area contributed by atoms with Crippen molar-refractivity contribution in [1.82, 2.24) is 5.32 Å². The van der Waals surface area contributed by atoms with Gasteiger partial charge in [-0.1, -0.05) is 11.6 Å². The van der Waals surface area contributed by atoms with Crippen LogP contribution in [0.25, 0.3) is 0 Å². The molecule has 0 bridgehead atoms. The summed E-state index contributed by atoms with van der Waals surface area (Å²) >= 11 is 7.29. The van der Waals surface area contributed by atoms with Gasteiger partial charge in [-0.05, 0) is 30.9 Å². The number of benzene rings is 1. The van der Waals surface area contributed by atoms with E-state index in [1.54, 1.807) is 11.8 Å². The predicted octanol–water partition coefficient (Wildman–Crippen LogP) is 2.71. The van der Waals surface area contributed by atoms with Crippen molar-refractivity contribution >= 4 is 35.1 Å². The van der Waals surface area contributed by atoms with Crippen LogP contribution in [-0.4, -0.2) is 35.8 Å². The molecule has 19 heavy (non-hydrogen) atoms. The summed E-state index contributed by atoms with van der Waals surface area (Å²) in [5.74, 6) is 0.120. The van der Waals surface area contributed by atoms with Crippen molar-refractivity contribution in [3.05, 3.63) is 29.0 Å². The van der Waals surface area contributed by atoms with Gasteiger partial charge < -0.3 is 15.7 Å². The molecule has 1 aromatic rings. The van der Waals surface area contributed by atoms with Gasteiger partial charge in [-0.15, -0.1) is 0 Å². The van der Waals surface area contributed by atoms with Crippen molar-refractivity contribution in [2.24, 2.45) is 0 Å². The number of carbonyl (C=O) groups is 1. The molecule has 0 fully saturated rings. The lowest BCUT2D eigenvalue weighted by Gasteiger charge is -2.17. The highest BCUT2D eigenvalue weighted by Crippen LogP contribution is 2.19. The molecule has 3 N–H and O–H groups in total. The second-order valence-corrected chi connectivity index (χ2v) is 5.23. The summed E-state index contributed by atoms with van der Waals surface area (Å²) in [5, 5.41) is 14.3. The summed E-state index contributed by atoms with van der Waals surface area (Å²) in [6.07, 6.45) is 2.35. The van der Waals surface area contributed by atoms with E-state index in [4.69, 9.17) is 16.7 Å². The zero-order chi connectivity index (χ0) is 14.3. The number of aliphatic hydroxyl groups is 1. The maximum absolute atomic E-state index is 13.4. The molecule has 0 spiro atoms. The normalized spacial score (nSPS) is 12.0. The van der Waals surface area contributed by atoms with Crippen LogP contribution in [0.5, 0.6) is 0 Å². The number of halogens is 2. The summed E-state index contributed by atoms with van der Waals surface area (Å²) in [7, 11) is 0. The number of hydrogen-bond donors (Lipinski definition) is 3. The highest BCUT2D eigenvalue weighted by molar-refractivity contribution is 7.98. The van der Waals surface area contributed by atoms with Crippen molar-refractivity contribution in [2.45, 2.75) is 12.5 Å². The molecule has 0 aliphatic rings. The minimum Gasteiger partial charge on any atom is -0.396 e. The minimum atomic E-state index is -0.553. The number of anilines is 1. The Labute approximate surface area is 120 Å². The molecule has 2 amide bonds. The van der Waals surface area contributed by atoms with Crippen LogP contribution in [0.3, 0.4) is 0 Å².